The quantitative estimate of drug-likeness (QED) is 0.466. The second-order valence-electron chi connectivity index (χ2n) is 4.07. The molecule has 1 aromatic heterocycles. The second-order valence-corrected chi connectivity index (χ2v) is 4.48. The van der Waals surface area contributed by atoms with Gasteiger partial charge in [-0.25, -0.2) is 4.39 Å². The molecular weight excluding hydrogens is 273 g/mol. The summed E-state index contributed by atoms with van der Waals surface area (Å²) in [6, 6.07) is 3.44. The first-order valence-electron chi connectivity index (χ1n) is 5.31. The Morgan fingerprint density at radius 2 is 1.74 bits per heavy atom. The number of nitrogens with zero attached hydrogens (tertiary/aromatic N) is 1. The summed E-state index contributed by atoms with van der Waals surface area (Å²) in [6.07, 6.45) is 2.07. The van der Waals surface area contributed by atoms with Crippen LogP contribution in [0.5, 0.6) is 0 Å². The Kier molecular flexibility index (Phi) is 2.40. The van der Waals surface area contributed by atoms with Crippen LogP contribution in [0.25, 0.3) is 0 Å². The van der Waals surface area contributed by atoms with E-state index in [1.54, 1.807) is 0 Å². The molecule has 0 spiro atoms. The molecule has 1 aliphatic rings. The van der Waals surface area contributed by atoms with E-state index in [9.17, 15) is 19.2 Å². The first kappa shape index (κ1) is 11.8. The van der Waals surface area contributed by atoms with Crippen LogP contribution in [0.3, 0.4) is 0 Å². The zero-order valence-corrected chi connectivity index (χ0v) is 10.1. The molecule has 0 radical (unpaired) electrons. The van der Waals surface area contributed by atoms with E-state index in [4.69, 9.17) is 11.6 Å². The first-order valence-corrected chi connectivity index (χ1v) is 5.68. The molecule has 1 aliphatic carbocycles. The minimum Gasteiger partial charge on any atom is -0.619 e. The van der Waals surface area contributed by atoms with Crippen molar-refractivity contribution < 1.29 is 18.7 Å². The van der Waals surface area contributed by atoms with Crippen molar-refractivity contribution in [1.29, 1.82) is 0 Å². The Balaban J connectivity index is 2.39. The third-order valence-corrected chi connectivity index (χ3v) is 3.30. The lowest BCUT2D eigenvalue weighted by atomic mass is 9.85. The fourth-order valence-corrected chi connectivity index (χ4v) is 2.36. The van der Waals surface area contributed by atoms with Crippen molar-refractivity contribution >= 4 is 23.2 Å². The van der Waals surface area contributed by atoms with Crippen LogP contribution in [0, 0.1) is 11.0 Å². The largest absolute Gasteiger partial charge is 0.619 e. The summed E-state index contributed by atoms with van der Waals surface area (Å²) >= 11 is 5.86. The van der Waals surface area contributed by atoms with E-state index < -0.39 is 17.4 Å². The monoisotopic (exact) mass is 277 g/mol. The van der Waals surface area contributed by atoms with Gasteiger partial charge in [-0.1, -0.05) is 11.6 Å². The maximum Gasteiger partial charge on any atom is 0.202 e. The van der Waals surface area contributed by atoms with Crippen molar-refractivity contribution in [3.8, 4) is 0 Å². The smallest absolute Gasteiger partial charge is 0.202 e. The van der Waals surface area contributed by atoms with E-state index in [0.717, 1.165) is 18.5 Å². The van der Waals surface area contributed by atoms with Gasteiger partial charge in [0.1, 0.15) is 5.82 Å². The highest BCUT2D eigenvalue weighted by molar-refractivity contribution is 6.39. The number of ketones is 2. The van der Waals surface area contributed by atoms with E-state index >= 15 is 0 Å². The maximum atomic E-state index is 13.7. The number of hydrogen-bond acceptors (Lipinski definition) is 3. The average molecular weight is 278 g/mol. The van der Waals surface area contributed by atoms with Gasteiger partial charge in [0.05, 0.1) is 21.7 Å². The topological polar surface area (TPSA) is 61.1 Å². The van der Waals surface area contributed by atoms with Crippen LogP contribution in [-0.2, 0) is 0 Å². The second kappa shape index (κ2) is 3.86. The van der Waals surface area contributed by atoms with Crippen molar-refractivity contribution in [1.82, 2.24) is 0 Å². The van der Waals surface area contributed by atoms with E-state index in [0.29, 0.717) is 4.73 Å². The lowest BCUT2D eigenvalue weighted by Gasteiger charge is -2.17. The zero-order valence-electron chi connectivity index (χ0n) is 9.31. The number of carbonyl (C=O) groups is 2. The number of fused-ring (bicyclic) bond motifs is 2. The Hall–Kier alpha value is -2.27. The van der Waals surface area contributed by atoms with Gasteiger partial charge >= 0.3 is 0 Å². The average Bonchev–Trinajstić information content (AvgIpc) is 2.38. The summed E-state index contributed by atoms with van der Waals surface area (Å²) in [5, 5.41) is 11.2. The maximum absolute atomic E-state index is 13.7. The van der Waals surface area contributed by atoms with E-state index in [1.165, 1.54) is 12.1 Å². The van der Waals surface area contributed by atoms with Gasteiger partial charge in [0.2, 0.25) is 5.78 Å². The predicted molar refractivity (Wildman–Crippen MR) is 63.7 cm³/mol. The van der Waals surface area contributed by atoms with Crippen LogP contribution in [0.15, 0.2) is 30.6 Å². The fourth-order valence-electron chi connectivity index (χ4n) is 2.12. The van der Waals surface area contributed by atoms with Crippen molar-refractivity contribution in [3.05, 3.63) is 68.9 Å². The number of carbonyl (C=O) groups excluding carboxylic acids is 2. The van der Waals surface area contributed by atoms with Crippen molar-refractivity contribution in [2.45, 2.75) is 0 Å². The molecule has 0 aliphatic heterocycles. The Labute approximate surface area is 111 Å². The molecule has 0 fully saturated rings. The highest BCUT2D eigenvalue weighted by Crippen LogP contribution is 2.32. The minimum absolute atomic E-state index is 0.00534. The van der Waals surface area contributed by atoms with Gasteiger partial charge in [0.15, 0.2) is 18.2 Å². The fraction of sp³-hybridized carbons (Fsp3) is 0. The minimum atomic E-state index is -0.803. The molecule has 3 rings (SSSR count). The number of pyridine rings is 1. The predicted octanol–water partition coefficient (Wildman–Crippen LogP) is 1.89. The van der Waals surface area contributed by atoms with Crippen LogP contribution >= 0.6 is 11.6 Å². The summed E-state index contributed by atoms with van der Waals surface area (Å²) in [5.41, 5.74) is -0.590. The summed E-state index contributed by atoms with van der Waals surface area (Å²) in [4.78, 5) is 24.4. The first-order chi connectivity index (χ1) is 9.00. The highest BCUT2D eigenvalue weighted by Gasteiger charge is 2.35. The van der Waals surface area contributed by atoms with E-state index in [2.05, 4.69) is 0 Å². The van der Waals surface area contributed by atoms with Gasteiger partial charge < -0.3 is 5.21 Å². The van der Waals surface area contributed by atoms with Crippen LogP contribution in [-0.4, -0.2) is 11.6 Å². The molecule has 19 heavy (non-hydrogen) atoms. The molecule has 1 heterocycles. The lowest BCUT2D eigenvalue weighted by Crippen LogP contribution is -2.31. The van der Waals surface area contributed by atoms with Crippen LogP contribution in [0.4, 0.5) is 4.39 Å². The summed E-state index contributed by atoms with van der Waals surface area (Å²) in [7, 11) is 0. The summed E-state index contributed by atoms with van der Waals surface area (Å²) in [6.45, 7) is 0. The van der Waals surface area contributed by atoms with Gasteiger partial charge in [-0.15, -0.1) is 0 Å². The molecule has 94 valence electrons. The summed E-state index contributed by atoms with van der Waals surface area (Å²) < 4.78 is 14.2. The van der Waals surface area contributed by atoms with Crippen molar-refractivity contribution in [2.75, 3.05) is 0 Å². The molecule has 0 N–H and O–H groups in total. The van der Waals surface area contributed by atoms with Crippen LogP contribution in [0.2, 0.25) is 5.02 Å². The van der Waals surface area contributed by atoms with Crippen molar-refractivity contribution in [2.24, 2.45) is 0 Å². The molecule has 2 aromatic rings. The Morgan fingerprint density at radius 3 is 2.47 bits per heavy atom. The van der Waals surface area contributed by atoms with Crippen LogP contribution in [0.1, 0.15) is 31.8 Å². The molecule has 6 heteroatoms. The van der Waals surface area contributed by atoms with Crippen molar-refractivity contribution in [3.63, 3.8) is 0 Å². The SMILES string of the molecule is O=C1c2cc[n+]([O-])cc2C(=O)c2c(Cl)ccc(F)c21. The number of rotatable bonds is 0. The lowest BCUT2D eigenvalue weighted by molar-refractivity contribution is -0.605. The highest BCUT2D eigenvalue weighted by atomic mass is 35.5. The molecule has 1 aromatic carbocycles. The van der Waals surface area contributed by atoms with E-state index in [-0.39, 0.29) is 27.3 Å². The molecule has 4 nitrogen and oxygen atoms in total. The van der Waals surface area contributed by atoms with Gasteiger partial charge in [-0.05, 0) is 12.1 Å². The zero-order chi connectivity index (χ0) is 13.7. The van der Waals surface area contributed by atoms with Gasteiger partial charge in [0.25, 0.3) is 0 Å². The molecule has 0 unspecified atom stereocenters. The molecule has 0 saturated heterocycles. The molecule has 0 atom stereocenters. The number of benzene rings is 1. The number of aromatic nitrogens is 1. The third kappa shape index (κ3) is 1.55. The number of hydrogen-bond donors (Lipinski definition) is 0. The summed E-state index contributed by atoms with van der Waals surface area (Å²) in [5.74, 6) is -2.08. The van der Waals surface area contributed by atoms with E-state index in [1.807, 2.05) is 0 Å². The normalized spacial score (nSPS) is 13.2. The van der Waals surface area contributed by atoms with Crippen LogP contribution < -0.4 is 4.73 Å². The van der Waals surface area contributed by atoms with Gasteiger partial charge in [-0.3, -0.25) is 9.59 Å². The van der Waals surface area contributed by atoms with Gasteiger partial charge in [0, 0.05) is 11.6 Å². The molecular formula is C13H5ClFNO3. The third-order valence-electron chi connectivity index (χ3n) is 2.98. The Bertz CT molecular complexity index is 758. The molecule has 0 bridgehead atoms. The van der Waals surface area contributed by atoms with Gasteiger partial charge in [-0.2, -0.15) is 4.73 Å². The Morgan fingerprint density at radius 1 is 1.05 bits per heavy atom. The number of halogens is 2. The standard InChI is InChI=1S/C13H5ClFNO3/c14-8-1-2-9(15)11-10(8)13(18)7-5-16(19)4-3-6(7)12(11)17/h1-5H. The molecule has 0 saturated carbocycles. The molecule has 0 amide bonds.